The number of carbonyl (C=O) groups is 1. The molecule has 0 saturated carbocycles. The summed E-state index contributed by atoms with van der Waals surface area (Å²) in [6.07, 6.45) is 0.888. The van der Waals surface area contributed by atoms with E-state index in [2.05, 4.69) is 22.0 Å². The smallest absolute Gasteiger partial charge is 0.253 e. The Hall–Kier alpha value is -1.74. The summed E-state index contributed by atoms with van der Waals surface area (Å²) < 4.78 is 2.11. The van der Waals surface area contributed by atoms with Crippen molar-refractivity contribution in [1.82, 2.24) is 9.88 Å². The molecule has 0 bridgehead atoms. The summed E-state index contributed by atoms with van der Waals surface area (Å²) >= 11 is 6.19. The predicted octanol–water partition coefficient (Wildman–Crippen LogP) is 4.28. The van der Waals surface area contributed by atoms with E-state index in [4.69, 9.17) is 11.6 Å². The van der Waals surface area contributed by atoms with Gasteiger partial charge in [0.15, 0.2) is 0 Å². The summed E-state index contributed by atoms with van der Waals surface area (Å²) in [5.41, 5.74) is 3.72. The monoisotopic (exact) mass is 304 g/mol. The first-order valence-electron chi connectivity index (χ1n) is 7.19. The largest absolute Gasteiger partial charge is 0.350 e. The first-order chi connectivity index (χ1) is 9.93. The highest BCUT2D eigenvalue weighted by Gasteiger charge is 2.14. The van der Waals surface area contributed by atoms with Gasteiger partial charge in [-0.3, -0.25) is 4.79 Å². The lowest BCUT2D eigenvalue weighted by atomic mass is 10.1. The Balaban J connectivity index is 2.40. The normalized spacial score (nSPS) is 12.2. The molecule has 1 aromatic heterocycles. The van der Waals surface area contributed by atoms with Gasteiger partial charge in [-0.05, 0) is 57.5 Å². The Kier molecular flexibility index (Phi) is 4.73. The van der Waals surface area contributed by atoms with E-state index >= 15 is 0 Å². The number of rotatable bonds is 4. The first-order valence-corrected chi connectivity index (χ1v) is 7.57. The molecule has 1 atom stereocenters. The van der Waals surface area contributed by atoms with Crippen LogP contribution >= 0.6 is 11.6 Å². The minimum absolute atomic E-state index is 0.126. The van der Waals surface area contributed by atoms with Crippen molar-refractivity contribution in [3.8, 4) is 5.69 Å². The average molecular weight is 305 g/mol. The summed E-state index contributed by atoms with van der Waals surface area (Å²) in [5.74, 6) is -0.126. The number of carbonyl (C=O) groups excluding carboxylic acids is 1. The Morgan fingerprint density at radius 3 is 2.43 bits per heavy atom. The molecule has 112 valence electrons. The van der Waals surface area contributed by atoms with Crippen LogP contribution in [-0.4, -0.2) is 16.5 Å². The van der Waals surface area contributed by atoms with Crippen LogP contribution in [0, 0.1) is 13.8 Å². The molecule has 1 N–H and O–H groups in total. The van der Waals surface area contributed by atoms with Crippen molar-refractivity contribution in [1.29, 1.82) is 0 Å². The van der Waals surface area contributed by atoms with E-state index in [-0.39, 0.29) is 11.9 Å². The Morgan fingerprint density at radius 1 is 1.24 bits per heavy atom. The number of hydrogen-bond donors (Lipinski definition) is 1. The van der Waals surface area contributed by atoms with Crippen LogP contribution in [0.5, 0.6) is 0 Å². The first kappa shape index (κ1) is 15.6. The van der Waals surface area contributed by atoms with Crippen LogP contribution in [0.15, 0.2) is 30.3 Å². The topological polar surface area (TPSA) is 34.0 Å². The van der Waals surface area contributed by atoms with Gasteiger partial charge in [0.25, 0.3) is 5.91 Å². The zero-order chi connectivity index (χ0) is 15.6. The fraction of sp³-hybridized carbons (Fsp3) is 0.353. The zero-order valence-corrected chi connectivity index (χ0v) is 13.7. The van der Waals surface area contributed by atoms with Gasteiger partial charge in [-0.25, -0.2) is 0 Å². The van der Waals surface area contributed by atoms with E-state index < -0.39 is 0 Å². The van der Waals surface area contributed by atoms with Gasteiger partial charge in [-0.2, -0.15) is 0 Å². The number of halogens is 1. The minimum Gasteiger partial charge on any atom is -0.350 e. The third kappa shape index (κ3) is 3.30. The lowest BCUT2D eigenvalue weighted by molar-refractivity contribution is 0.0939. The lowest BCUT2D eigenvalue weighted by Crippen LogP contribution is -2.32. The molecule has 0 aliphatic carbocycles. The van der Waals surface area contributed by atoms with Crippen LogP contribution in [0.1, 0.15) is 42.0 Å². The molecule has 0 aliphatic heterocycles. The molecule has 1 unspecified atom stereocenters. The molecule has 4 heteroatoms. The van der Waals surface area contributed by atoms with Crippen molar-refractivity contribution in [3.63, 3.8) is 0 Å². The minimum atomic E-state index is -0.126. The van der Waals surface area contributed by atoms with Crippen LogP contribution in [0.4, 0.5) is 0 Å². The molecule has 0 saturated heterocycles. The number of amides is 1. The second-order valence-corrected chi connectivity index (χ2v) is 5.81. The molecular weight excluding hydrogens is 284 g/mol. The van der Waals surface area contributed by atoms with E-state index in [1.807, 2.05) is 39.8 Å². The second-order valence-electron chi connectivity index (χ2n) is 5.40. The maximum atomic E-state index is 12.3. The van der Waals surface area contributed by atoms with Gasteiger partial charge in [-0.15, -0.1) is 0 Å². The van der Waals surface area contributed by atoms with E-state index in [1.54, 1.807) is 6.07 Å². The maximum absolute atomic E-state index is 12.3. The average Bonchev–Trinajstić information content (AvgIpc) is 2.78. The van der Waals surface area contributed by atoms with E-state index in [1.165, 1.54) is 0 Å². The van der Waals surface area contributed by atoms with Gasteiger partial charge >= 0.3 is 0 Å². The standard InChI is InChI=1S/C17H21ClN2O/c1-5-11(2)19-17(21)15-10-14(8-9-16(15)18)20-12(3)6-7-13(20)4/h6-11H,5H2,1-4H3,(H,19,21). The van der Waals surface area contributed by atoms with Gasteiger partial charge in [-0.1, -0.05) is 18.5 Å². The highest BCUT2D eigenvalue weighted by atomic mass is 35.5. The highest BCUT2D eigenvalue weighted by molar-refractivity contribution is 6.33. The summed E-state index contributed by atoms with van der Waals surface area (Å²) in [7, 11) is 0. The molecule has 0 aliphatic rings. The van der Waals surface area contributed by atoms with Crippen LogP contribution in [0.3, 0.4) is 0 Å². The molecule has 3 nitrogen and oxygen atoms in total. The Bertz CT molecular complexity index is 641. The Morgan fingerprint density at radius 2 is 1.86 bits per heavy atom. The molecule has 1 amide bonds. The Labute approximate surface area is 130 Å². The van der Waals surface area contributed by atoms with Gasteiger partial charge < -0.3 is 9.88 Å². The van der Waals surface area contributed by atoms with Crippen molar-refractivity contribution >= 4 is 17.5 Å². The lowest BCUT2D eigenvalue weighted by Gasteiger charge is -2.15. The molecule has 0 radical (unpaired) electrons. The molecular formula is C17H21ClN2O. The van der Waals surface area contributed by atoms with Gasteiger partial charge in [0, 0.05) is 23.1 Å². The van der Waals surface area contributed by atoms with E-state index in [9.17, 15) is 4.79 Å². The number of benzene rings is 1. The molecule has 21 heavy (non-hydrogen) atoms. The third-order valence-corrected chi connectivity index (χ3v) is 4.04. The van der Waals surface area contributed by atoms with Crippen molar-refractivity contribution < 1.29 is 4.79 Å². The SMILES string of the molecule is CCC(C)NC(=O)c1cc(-n2c(C)ccc2C)ccc1Cl. The summed E-state index contributed by atoms with van der Waals surface area (Å²) in [6.45, 7) is 8.10. The van der Waals surface area contributed by atoms with Crippen molar-refractivity contribution in [2.45, 2.75) is 40.2 Å². The van der Waals surface area contributed by atoms with Crippen LogP contribution in [-0.2, 0) is 0 Å². The zero-order valence-electron chi connectivity index (χ0n) is 12.9. The molecule has 2 rings (SSSR count). The number of aryl methyl sites for hydroxylation is 2. The second kappa shape index (κ2) is 6.35. The number of nitrogens with one attached hydrogen (secondary N) is 1. The van der Waals surface area contributed by atoms with Crippen LogP contribution < -0.4 is 5.32 Å². The molecule has 1 heterocycles. The van der Waals surface area contributed by atoms with E-state index in [0.29, 0.717) is 10.6 Å². The van der Waals surface area contributed by atoms with Crippen molar-refractivity contribution in [3.05, 3.63) is 52.3 Å². The number of nitrogens with zero attached hydrogens (tertiary/aromatic N) is 1. The fourth-order valence-electron chi connectivity index (χ4n) is 2.31. The summed E-state index contributed by atoms with van der Waals surface area (Å²) in [4.78, 5) is 12.3. The fourth-order valence-corrected chi connectivity index (χ4v) is 2.51. The number of aromatic nitrogens is 1. The summed E-state index contributed by atoms with van der Waals surface area (Å²) in [5, 5.41) is 3.43. The quantitative estimate of drug-likeness (QED) is 0.899. The summed E-state index contributed by atoms with van der Waals surface area (Å²) in [6, 6.07) is 9.81. The third-order valence-electron chi connectivity index (χ3n) is 3.71. The predicted molar refractivity (Wildman–Crippen MR) is 87.5 cm³/mol. The van der Waals surface area contributed by atoms with E-state index in [0.717, 1.165) is 23.5 Å². The highest BCUT2D eigenvalue weighted by Crippen LogP contribution is 2.23. The van der Waals surface area contributed by atoms with Crippen molar-refractivity contribution in [2.75, 3.05) is 0 Å². The molecule has 0 spiro atoms. The van der Waals surface area contributed by atoms with Crippen LogP contribution in [0.2, 0.25) is 5.02 Å². The number of hydrogen-bond acceptors (Lipinski definition) is 1. The molecule has 1 aromatic carbocycles. The maximum Gasteiger partial charge on any atom is 0.253 e. The van der Waals surface area contributed by atoms with Gasteiger partial charge in [0.05, 0.1) is 10.6 Å². The molecule has 0 fully saturated rings. The van der Waals surface area contributed by atoms with Crippen molar-refractivity contribution in [2.24, 2.45) is 0 Å². The molecule has 2 aromatic rings. The van der Waals surface area contributed by atoms with Gasteiger partial charge in [0.2, 0.25) is 0 Å². The van der Waals surface area contributed by atoms with Gasteiger partial charge in [0.1, 0.15) is 0 Å². The van der Waals surface area contributed by atoms with Crippen LogP contribution in [0.25, 0.3) is 5.69 Å².